The van der Waals surface area contributed by atoms with Gasteiger partial charge in [-0.1, -0.05) is 18.2 Å². The van der Waals surface area contributed by atoms with Gasteiger partial charge >= 0.3 is 0 Å². The molecule has 2 aromatic heterocycles. The zero-order chi connectivity index (χ0) is 18.7. The Kier molecular flexibility index (Phi) is 5.58. The van der Waals surface area contributed by atoms with Crippen molar-refractivity contribution in [2.75, 3.05) is 21.3 Å². The number of methoxy groups -OCH3 is 2. The second-order valence-electron chi connectivity index (χ2n) is 5.72. The fourth-order valence-corrected chi connectivity index (χ4v) is 4.54. The van der Waals surface area contributed by atoms with Gasteiger partial charge in [-0.25, -0.2) is 4.98 Å². The minimum Gasteiger partial charge on any atom is -0.493 e. The Labute approximate surface area is 160 Å². The van der Waals surface area contributed by atoms with Gasteiger partial charge < -0.3 is 14.4 Å². The van der Waals surface area contributed by atoms with Gasteiger partial charge in [0, 0.05) is 19.2 Å². The van der Waals surface area contributed by atoms with Crippen molar-refractivity contribution < 1.29 is 14.3 Å². The summed E-state index contributed by atoms with van der Waals surface area (Å²) in [6.45, 7) is 2.30. The summed E-state index contributed by atoms with van der Waals surface area (Å²) in [4.78, 5) is 20.9. The number of hydrogen-bond donors (Lipinski definition) is 0. The maximum atomic E-state index is 12.9. The average Bonchev–Trinajstić information content (AvgIpc) is 3.30. The molecule has 0 aliphatic heterocycles. The fourth-order valence-electron chi connectivity index (χ4n) is 2.68. The van der Waals surface area contributed by atoms with E-state index in [2.05, 4.69) is 4.98 Å². The first-order chi connectivity index (χ1) is 12.5. The van der Waals surface area contributed by atoms with Gasteiger partial charge in [-0.15, -0.1) is 22.7 Å². The molecular weight excluding hydrogens is 368 g/mol. The van der Waals surface area contributed by atoms with E-state index in [0.717, 1.165) is 21.1 Å². The van der Waals surface area contributed by atoms with Crippen LogP contribution in [0.4, 0.5) is 0 Å². The highest BCUT2D eigenvalue weighted by Gasteiger charge is 2.21. The number of benzene rings is 1. The number of amides is 1. The normalized spacial score (nSPS) is 10.6. The molecule has 0 fully saturated rings. The van der Waals surface area contributed by atoms with Crippen LogP contribution >= 0.6 is 22.7 Å². The fraction of sp³-hybridized carbons (Fsp3) is 0.263. The van der Waals surface area contributed by atoms with E-state index in [9.17, 15) is 4.79 Å². The number of carbonyl (C=O) groups is 1. The molecule has 0 radical (unpaired) electrons. The molecule has 7 heteroatoms. The highest BCUT2D eigenvalue weighted by atomic mass is 32.1. The second kappa shape index (κ2) is 7.88. The van der Waals surface area contributed by atoms with Crippen LogP contribution < -0.4 is 9.47 Å². The molecule has 0 N–H and O–H groups in total. The van der Waals surface area contributed by atoms with Crippen molar-refractivity contribution in [2.45, 2.75) is 13.5 Å². The van der Waals surface area contributed by atoms with Gasteiger partial charge in [-0.3, -0.25) is 4.79 Å². The van der Waals surface area contributed by atoms with Crippen molar-refractivity contribution in [1.82, 2.24) is 9.88 Å². The van der Waals surface area contributed by atoms with Crippen LogP contribution in [0.25, 0.3) is 9.88 Å². The molecule has 26 heavy (non-hydrogen) atoms. The molecule has 136 valence electrons. The number of rotatable bonds is 6. The summed E-state index contributed by atoms with van der Waals surface area (Å²) < 4.78 is 10.8. The lowest BCUT2D eigenvalue weighted by atomic mass is 10.1. The Hall–Kier alpha value is -2.38. The highest BCUT2D eigenvalue weighted by Crippen LogP contribution is 2.33. The third-order valence-electron chi connectivity index (χ3n) is 3.96. The Morgan fingerprint density at radius 2 is 2.00 bits per heavy atom. The van der Waals surface area contributed by atoms with Crippen LogP contribution in [0.2, 0.25) is 0 Å². The summed E-state index contributed by atoms with van der Waals surface area (Å²) in [7, 11) is 4.98. The van der Waals surface area contributed by atoms with E-state index in [1.807, 2.05) is 42.6 Å². The molecule has 0 saturated carbocycles. The Bertz CT molecular complexity index is 904. The van der Waals surface area contributed by atoms with Crippen LogP contribution in [0.3, 0.4) is 0 Å². The molecule has 0 unspecified atom stereocenters. The van der Waals surface area contributed by atoms with Crippen molar-refractivity contribution in [3.05, 3.63) is 51.8 Å². The highest BCUT2D eigenvalue weighted by molar-refractivity contribution is 7.22. The van der Waals surface area contributed by atoms with Gasteiger partial charge in [-0.05, 0) is 24.4 Å². The summed E-state index contributed by atoms with van der Waals surface area (Å²) in [5, 5.41) is 2.89. The van der Waals surface area contributed by atoms with Gasteiger partial charge in [0.25, 0.3) is 5.91 Å². The van der Waals surface area contributed by atoms with Crippen LogP contribution in [0.1, 0.15) is 20.9 Å². The number of thiazole rings is 1. The molecule has 0 aliphatic carbocycles. The third kappa shape index (κ3) is 3.59. The van der Waals surface area contributed by atoms with E-state index in [1.165, 1.54) is 11.3 Å². The molecular formula is C19H20N2O3S2. The zero-order valence-corrected chi connectivity index (χ0v) is 16.7. The molecule has 0 atom stereocenters. The minimum atomic E-state index is -0.0484. The zero-order valence-electron chi connectivity index (χ0n) is 15.1. The third-order valence-corrected chi connectivity index (χ3v) is 6.15. The largest absolute Gasteiger partial charge is 0.493 e. The molecule has 0 saturated heterocycles. The van der Waals surface area contributed by atoms with Crippen molar-refractivity contribution in [1.29, 1.82) is 0 Å². The first kappa shape index (κ1) is 18.4. The van der Waals surface area contributed by atoms with Crippen molar-refractivity contribution in [2.24, 2.45) is 0 Å². The lowest BCUT2D eigenvalue weighted by molar-refractivity contribution is 0.0788. The predicted octanol–water partition coefficient (Wildman–Crippen LogP) is 4.47. The van der Waals surface area contributed by atoms with Crippen molar-refractivity contribution in [3.8, 4) is 21.4 Å². The van der Waals surface area contributed by atoms with E-state index in [1.54, 1.807) is 37.5 Å². The Balaban J connectivity index is 1.83. The molecule has 1 amide bonds. The van der Waals surface area contributed by atoms with Gasteiger partial charge in [0.05, 0.1) is 24.8 Å². The molecule has 2 heterocycles. The Morgan fingerprint density at radius 3 is 2.65 bits per heavy atom. The topological polar surface area (TPSA) is 51.7 Å². The lowest BCUT2D eigenvalue weighted by Gasteiger charge is -2.19. The van der Waals surface area contributed by atoms with Gasteiger partial charge in [-0.2, -0.15) is 0 Å². The molecule has 3 rings (SSSR count). The summed E-state index contributed by atoms with van der Waals surface area (Å²) in [6, 6.07) is 9.66. The molecule has 0 spiro atoms. The van der Waals surface area contributed by atoms with E-state index in [0.29, 0.717) is 22.9 Å². The number of hydrogen-bond acceptors (Lipinski definition) is 6. The Morgan fingerprint density at radius 1 is 1.19 bits per heavy atom. The summed E-state index contributed by atoms with van der Waals surface area (Å²) in [5.41, 5.74) is 1.65. The summed E-state index contributed by atoms with van der Waals surface area (Å²) >= 11 is 3.06. The molecule has 3 aromatic rings. The van der Waals surface area contributed by atoms with Crippen LogP contribution in [-0.2, 0) is 6.54 Å². The van der Waals surface area contributed by atoms with E-state index >= 15 is 0 Å². The maximum absolute atomic E-state index is 12.9. The van der Waals surface area contributed by atoms with Gasteiger partial charge in [0.2, 0.25) is 0 Å². The van der Waals surface area contributed by atoms with Crippen LogP contribution in [0, 0.1) is 6.92 Å². The number of carbonyl (C=O) groups excluding carboxylic acids is 1. The van der Waals surface area contributed by atoms with Crippen LogP contribution in [0.15, 0.2) is 35.7 Å². The molecule has 0 bridgehead atoms. The summed E-state index contributed by atoms with van der Waals surface area (Å²) in [6.07, 6.45) is 0. The second-order valence-corrected chi connectivity index (χ2v) is 7.67. The first-order valence-electron chi connectivity index (χ1n) is 8.01. The molecule has 0 aliphatic rings. The van der Waals surface area contributed by atoms with E-state index < -0.39 is 0 Å². The van der Waals surface area contributed by atoms with Gasteiger partial charge in [0.1, 0.15) is 9.88 Å². The smallest absolute Gasteiger partial charge is 0.265 e. The number of nitrogens with zero attached hydrogens (tertiary/aromatic N) is 2. The minimum absolute atomic E-state index is 0.0484. The monoisotopic (exact) mass is 388 g/mol. The van der Waals surface area contributed by atoms with Crippen LogP contribution in [0.5, 0.6) is 11.5 Å². The number of ether oxygens (including phenoxy) is 2. The quantitative estimate of drug-likeness (QED) is 0.625. The molecule has 1 aromatic carbocycles. The summed E-state index contributed by atoms with van der Waals surface area (Å²) in [5.74, 6) is 1.25. The van der Waals surface area contributed by atoms with E-state index in [-0.39, 0.29) is 5.91 Å². The maximum Gasteiger partial charge on any atom is 0.265 e. The molecule has 5 nitrogen and oxygen atoms in total. The number of aromatic nitrogens is 1. The number of thiophene rings is 1. The lowest BCUT2D eigenvalue weighted by Crippen LogP contribution is -2.26. The predicted molar refractivity (Wildman–Crippen MR) is 106 cm³/mol. The number of para-hydroxylation sites is 1. The van der Waals surface area contributed by atoms with Gasteiger partial charge in [0.15, 0.2) is 11.5 Å². The number of aryl methyl sites for hydroxylation is 1. The average molecular weight is 389 g/mol. The SMILES string of the molecule is COc1cccc(CN(C)C(=O)c2sc(-c3cccs3)nc2C)c1OC. The standard InChI is InChI=1S/C19H20N2O3S2/c1-12-17(26-18(20-12)15-9-6-10-25-15)19(22)21(2)11-13-7-5-8-14(23-3)16(13)24-4/h5-10H,11H2,1-4H3. The van der Waals surface area contributed by atoms with E-state index in [4.69, 9.17) is 9.47 Å². The first-order valence-corrected chi connectivity index (χ1v) is 9.71. The van der Waals surface area contributed by atoms with Crippen molar-refractivity contribution >= 4 is 28.6 Å². The van der Waals surface area contributed by atoms with Crippen molar-refractivity contribution in [3.63, 3.8) is 0 Å². The van der Waals surface area contributed by atoms with Crippen LogP contribution in [-0.4, -0.2) is 37.1 Å².